The number of carbonyl (C=O) groups is 1. The van der Waals surface area contributed by atoms with Crippen molar-refractivity contribution in [2.45, 2.75) is 46.1 Å². The van der Waals surface area contributed by atoms with Crippen molar-refractivity contribution in [3.05, 3.63) is 35.4 Å². The SMILES string of the molecule is CCC(CN)CC(=O)NC(C)Cc1ccccc1C. The van der Waals surface area contributed by atoms with E-state index in [0.29, 0.717) is 18.9 Å². The third-order valence-corrected chi connectivity index (χ3v) is 3.58. The van der Waals surface area contributed by atoms with Crippen LogP contribution in [0.4, 0.5) is 0 Å². The highest BCUT2D eigenvalue weighted by Gasteiger charge is 2.13. The molecule has 0 aliphatic rings. The molecule has 3 nitrogen and oxygen atoms in total. The molecule has 3 heteroatoms. The van der Waals surface area contributed by atoms with E-state index in [2.05, 4.69) is 31.3 Å². The van der Waals surface area contributed by atoms with Gasteiger partial charge in [-0.15, -0.1) is 0 Å². The fraction of sp³-hybridized carbons (Fsp3) is 0.562. The average molecular weight is 262 g/mol. The standard InChI is InChI=1S/C16H26N2O/c1-4-14(11-17)10-16(19)18-13(3)9-15-8-6-5-7-12(15)2/h5-8,13-14H,4,9-11,17H2,1-3H3,(H,18,19). The van der Waals surface area contributed by atoms with Crippen molar-refractivity contribution in [3.8, 4) is 0 Å². The van der Waals surface area contributed by atoms with Gasteiger partial charge in [0.15, 0.2) is 0 Å². The highest BCUT2D eigenvalue weighted by atomic mass is 16.1. The van der Waals surface area contributed by atoms with Crippen LogP contribution in [0.1, 0.15) is 37.8 Å². The molecule has 0 fully saturated rings. The lowest BCUT2D eigenvalue weighted by atomic mass is 10.0. The third kappa shape index (κ3) is 5.43. The maximum atomic E-state index is 11.9. The molecular weight excluding hydrogens is 236 g/mol. The van der Waals surface area contributed by atoms with Crippen molar-refractivity contribution < 1.29 is 4.79 Å². The van der Waals surface area contributed by atoms with Gasteiger partial charge < -0.3 is 11.1 Å². The van der Waals surface area contributed by atoms with Crippen molar-refractivity contribution in [2.24, 2.45) is 11.7 Å². The van der Waals surface area contributed by atoms with E-state index in [1.807, 2.05) is 19.1 Å². The first-order valence-corrected chi connectivity index (χ1v) is 7.10. The molecule has 1 aromatic rings. The summed E-state index contributed by atoms with van der Waals surface area (Å²) < 4.78 is 0. The Hall–Kier alpha value is -1.35. The van der Waals surface area contributed by atoms with E-state index in [0.717, 1.165) is 12.8 Å². The lowest BCUT2D eigenvalue weighted by Crippen LogP contribution is -2.36. The summed E-state index contributed by atoms with van der Waals surface area (Å²) in [6, 6.07) is 8.45. The average Bonchev–Trinajstić information content (AvgIpc) is 2.38. The number of carbonyl (C=O) groups excluding carboxylic acids is 1. The quantitative estimate of drug-likeness (QED) is 0.793. The van der Waals surface area contributed by atoms with Crippen molar-refractivity contribution in [1.29, 1.82) is 0 Å². The maximum absolute atomic E-state index is 11.9. The monoisotopic (exact) mass is 262 g/mol. The van der Waals surface area contributed by atoms with Gasteiger partial charge in [-0.05, 0) is 43.9 Å². The van der Waals surface area contributed by atoms with Gasteiger partial charge in [0, 0.05) is 12.5 Å². The number of hydrogen-bond acceptors (Lipinski definition) is 2. The van der Waals surface area contributed by atoms with E-state index in [-0.39, 0.29) is 11.9 Å². The predicted molar refractivity (Wildman–Crippen MR) is 79.9 cm³/mol. The first kappa shape index (κ1) is 15.7. The lowest BCUT2D eigenvalue weighted by molar-refractivity contribution is -0.122. The molecule has 2 unspecified atom stereocenters. The third-order valence-electron chi connectivity index (χ3n) is 3.58. The molecule has 0 aromatic heterocycles. The fourth-order valence-electron chi connectivity index (χ4n) is 2.21. The van der Waals surface area contributed by atoms with Gasteiger partial charge in [0.25, 0.3) is 0 Å². The number of rotatable bonds is 7. The topological polar surface area (TPSA) is 55.1 Å². The summed E-state index contributed by atoms with van der Waals surface area (Å²) in [5, 5.41) is 3.06. The molecule has 0 radical (unpaired) electrons. The number of nitrogens with one attached hydrogen (secondary N) is 1. The molecule has 0 aliphatic heterocycles. The summed E-state index contributed by atoms with van der Waals surface area (Å²) >= 11 is 0. The molecule has 2 atom stereocenters. The van der Waals surface area contributed by atoms with E-state index >= 15 is 0 Å². The van der Waals surface area contributed by atoms with Crippen LogP contribution in [0.5, 0.6) is 0 Å². The first-order chi connectivity index (χ1) is 9.06. The van der Waals surface area contributed by atoms with Crippen molar-refractivity contribution in [1.82, 2.24) is 5.32 Å². The summed E-state index contributed by atoms with van der Waals surface area (Å²) in [4.78, 5) is 11.9. The minimum Gasteiger partial charge on any atom is -0.353 e. The van der Waals surface area contributed by atoms with Crippen LogP contribution in [0.15, 0.2) is 24.3 Å². The molecule has 0 heterocycles. The smallest absolute Gasteiger partial charge is 0.220 e. The van der Waals surface area contributed by atoms with Gasteiger partial charge in [-0.25, -0.2) is 0 Å². The van der Waals surface area contributed by atoms with Gasteiger partial charge in [0.2, 0.25) is 5.91 Å². The second-order valence-corrected chi connectivity index (χ2v) is 5.31. The highest BCUT2D eigenvalue weighted by molar-refractivity contribution is 5.76. The normalized spacial score (nSPS) is 13.9. The van der Waals surface area contributed by atoms with Gasteiger partial charge in [-0.1, -0.05) is 37.6 Å². The largest absolute Gasteiger partial charge is 0.353 e. The van der Waals surface area contributed by atoms with E-state index in [1.165, 1.54) is 11.1 Å². The van der Waals surface area contributed by atoms with Crippen LogP contribution in [0, 0.1) is 12.8 Å². The predicted octanol–water partition coefficient (Wildman–Crippen LogP) is 2.42. The Morgan fingerprint density at radius 3 is 2.63 bits per heavy atom. The van der Waals surface area contributed by atoms with Gasteiger partial charge >= 0.3 is 0 Å². The molecule has 1 amide bonds. The minimum atomic E-state index is 0.110. The maximum Gasteiger partial charge on any atom is 0.220 e. The van der Waals surface area contributed by atoms with Crippen LogP contribution < -0.4 is 11.1 Å². The molecule has 19 heavy (non-hydrogen) atoms. The molecule has 1 aromatic carbocycles. The molecule has 3 N–H and O–H groups in total. The van der Waals surface area contributed by atoms with E-state index in [4.69, 9.17) is 5.73 Å². The van der Waals surface area contributed by atoms with Crippen LogP contribution in [-0.2, 0) is 11.2 Å². The van der Waals surface area contributed by atoms with E-state index in [9.17, 15) is 4.79 Å². The van der Waals surface area contributed by atoms with Gasteiger partial charge in [-0.3, -0.25) is 4.79 Å². The van der Waals surface area contributed by atoms with Gasteiger partial charge in [0.05, 0.1) is 0 Å². The van der Waals surface area contributed by atoms with Crippen molar-refractivity contribution >= 4 is 5.91 Å². The Balaban J connectivity index is 2.45. The second-order valence-electron chi connectivity index (χ2n) is 5.31. The Morgan fingerprint density at radius 1 is 1.37 bits per heavy atom. The number of amides is 1. The van der Waals surface area contributed by atoms with Crippen LogP contribution in [-0.4, -0.2) is 18.5 Å². The Morgan fingerprint density at radius 2 is 2.05 bits per heavy atom. The second kappa shape index (κ2) is 7.95. The number of benzene rings is 1. The number of aryl methyl sites for hydroxylation is 1. The molecule has 1 rings (SSSR count). The molecular formula is C16H26N2O. The number of nitrogens with two attached hydrogens (primary N) is 1. The highest BCUT2D eigenvalue weighted by Crippen LogP contribution is 2.10. The fourth-order valence-corrected chi connectivity index (χ4v) is 2.21. The summed E-state index contributed by atoms with van der Waals surface area (Å²) in [5.74, 6) is 0.407. The molecule has 0 spiro atoms. The van der Waals surface area contributed by atoms with Crippen LogP contribution >= 0.6 is 0 Å². The Kier molecular flexibility index (Phi) is 6.57. The summed E-state index contributed by atoms with van der Waals surface area (Å²) in [6.45, 7) is 6.80. The first-order valence-electron chi connectivity index (χ1n) is 7.10. The van der Waals surface area contributed by atoms with Crippen LogP contribution in [0.3, 0.4) is 0 Å². The molecule has 0 saturated heterocycles. The van der Waals surface area contributed by atoms with Crippen LogP contribution in [0.25, 0.3) is 0 Å². The van der Waals surface area contributed by atoms with Crippen LogP contribution in [0.2, 0.25) is 0 Å². The molecule has 0 saturated carbocycles. The van der Waals surface area contributed by atoms with E-state index in [1.54, 1.807) is 0 Å². The zero-order valence-corrected chi connectivity index (χ0v) is 12.3. The van der Waals surface area contributed by atoms with Gasteiger partial charge in [-0.2, -0.15) is 0 Å². The lowest BCUT2D eigenvalue weighted by Gasteiger charge is -2.17. The Bertz CT molecular complexity index is 399. The Labute approximate surface area is 116 Å². The number of hydrogen-bond donors (Lipinski definition) is 2. The zero-order valence-electron chi connectivity index (χ0n) is 12.3. The zero-order chi connectivity index (χ0) is 14.3. The van der Waals surface area contributed by atoms with E-state index < -0.39 is 0 Å². The summed E-state index contributed by atoms with van der Waals surface area (Å²) in [6.07, 6.45) is 2.36. The summed E-state index contributed by atoms with van der Waals surface area (Å²) in [5.41, 5.74) is 8.19. The van der Waals surface area contributed by atoms with Crippen molar-refractivity contribution in [2.75, 3.05) is 6.54 Å². The molecule has 0 bridgehead atoms. The van der Waals surface area contributed by atoms with Crippen molar-refractivity contribution in [3.63, 3.8) is 0 Å². The minimum absolute atomic E-state index is 0.110. The van der Waals surface area contributed by atoms with Gasteiger partial charge in [0.1, 0.15) is 0 Å². The molecule has 0 aliphatic carbocycles. The summed E-state index contributed by atoms with van der Waals surface area (Å²) in [7, 11) is 0. The molecule has 106 valence electrons.